The van der Waals surface area contributed by atoms with Crippen molar-refractivity contribution in [2.75, 3.05) is 19.0 Å². The van der Waals surface area contributed by atoms with Crippen LogP contribution >= 0.6 is 11.3 Å². The molecule has 258 valence electrons. The average Bonchev–Trinajstić information content (AvgIpc) is 3.34. The molecule has 2 aromatic rings. The van der Waals surface area contributed by atoms with E-state index in [-0.39, 0.29) is 40.1 Å². The van der Waals surface area contributed by atoms with Crippen molar-refractivity contribution in [3.05, 3.63) is 69.7 Å². The van der Waals surface area contributed by atoms with Crippen molar-refractivity contribution in [2.24, 2.45) is 29.1 Å². The molecule has 48 heavy (non-hydrogen) atoms. The average molecular weight is 702 g/mol. The number of hydrogen-bond acceptors (Lipinski definition) is 12. The van der Waals surface area contributed by atoms with E-state index < -0.39 is 73.7 Å². The Morgan fingerprint density at radius 1 is 1.17 bits per heavy atom. The van der Waals surface area contributed by atoms with Crippen molar-refractivity contribution >= 4 is 44.6 Å². The molecule has 7 rings (SSSR count). The van der Waals surface area contributed by atoms with E-state index in [0.717, 1.165) is 15.6 Å². The number of Topliss-reactive ketones (excluding diaryl/α,β-unsaturated/α-hetero) is 1. The number of fused-ring (bicyclic) bond motifs is 6. The highest BCUT2D eigenvalue weighted by molar-refractivity contribution is 7.89. The van der Waals surface area contributed by atoms with Crippen LogP contribution < -0.4 is 5.32 Å². The zero-order valence-corrected chi connectivity index (χ0v) is 28.6. The summed E-state index contributed by atoms with van der Waals surface area (Å²) in [4.78, 5) is 29.1. The number of anilines is 1. The zero-order chi connectivity index (χ0) is 35.4. The summed E-state index contributed by atoms with van der Waals surface area (Å²) in [7, 11) is -2.63. The highest BCUT2D eigenvalue weighted by Gasteiger charge is 2.84. The van der Waals surface area contributed by atoms with Crippen LogP contribution in [0.4, 0.5) is 5.82 Å². The lowest BCUT2D eigenvalue weighted by atomic mass is 9.59. The number of amides is 1. The third-order valence-corrected chi connectivity index (χ3v) is 14.0. The molecule has 3 heterocycles. The Morgan fingerprint density at radius 3 is 2.48 bits per heavy atom. The van der Waals surface area contributed by atoms with Crippen molar-refractivity contribution in [1.29, 1.82) is 0 Å². The number of likely N-dealkylation sites (N-methyl/N-ethyl adjacent to an activating group) is 1. The lowest BCUT2D eigenvalue weighted by Crippen LogP contribution is -2.65. The van der Waals surface area contributed by atoms with Crippen molar-refractivity contribution in [1.82, 2.24) is 9.29 Å². The Labute approximate surface area is 281 Å². The normalized spacial score (nSPS) is 37.0. The summed E-state index contributed by atoms with van der Waals surface area (Å²) in [6, 6.07) is 6.32. The lowest BCUT2D eigenvalue weighted by Gasteiger charge is -2.51. The quantitative estimate of drug-likeness (QED) is 0.228. The Bertz CT molecular complexity index is 1900. The minimum absolute atomic E-state index is 0.00751. The molecule has 2 aromatic heterocycles. The first-order valence-electron chi connectivity index (χ1n) is 15.4. The summed E-state index contributed by atoms with van der Waals surface area (Å²) in [6.07, 6.45) is 3.57. The van der Waals surface area contributed by atoms with Crippen LogP contribution in [0.2, 0.25) is 0 Å². The first kappa shape index (κ1) is 34.4. The first-order valence-corrected chi connectivity index (χ1v) is 17.7. The van der Waals surface area contributed by atoms with Gasteiger partial charge in [0.25, 0.3) is 15.9 Å². The molecule has 7 N–H and O–H groups in total. The maximum atomic E-state index is 12.7. The smallest absolute Gasteiger partial charge is 0.278 e. The van der Waals surface area contributed by atoms with Gasteiger partial charge in [0.15, 0.2) is 17.2 Å². The Hall–Kier alpha value is -3.44. The van der Waals surface area contributed by atoms with E-state index in [9.17, 15) is 48.6 Å². The van der Waals surface area contributed by atoms with Crippen LogP contribution in [0.3, 0.4) is 0 Å². The number of nitrogens with zero attached hydrogens (tertiary/aromatic N) is 2. The molecule has 13 nitrogen and oxygen atoms in total. The van der Waals surface area contributed by atoms with Gasteiger partial charge >= 0.3 is 0 Å². The van der Waals surface area contributed by atoms with Crippen molar-refractivity contribution in [3.63, 3.8) is 0 Å². The van der Waals surface area contributed by atoms with Gasteiger partial charge in [-0.25, -0.2) is 13.4 Å². The summed E-state index contributed by atoms with van der Waals surface area (Å²) >= 11 is 1.06. The third kappa shape index (κ3) is 4.45. The molecule has 8 atom stereocenters. The van der Waals surface area contributed by atoms with Gasteiger partial charge in [0, 0.05) is 48.8 Å². The predicted molar refractivity (Wildman–Crippen MR) is 175 cm³/mol. The Kier molecular flexibility index (Phi) is 7.91. The number of pyridine rings is 1. The van der Waals surface area contributed by atoms with Crippen LogP contribution in [-0.4, -0.2) is 96.6 Å². The van der Waals surface area contributed by atoms with Crippen LogP contribution in [0, 0.1) is 29.1 Å². The molecule has 0 bridgehead atoms. The molecule has 0 saturated heterocycles. The molecule has 5 aliphatic rings. The number of aromatic nitrogens is 1. The largest absolute Gasteiger partial charge is 0.504 e. The number of ketones is 1. The second-order valence-corrected chi connectivity index (χ2v) is 16.7. The monoisotopic (exact) mass is 701 g/mol. The number of aliphatic hydroxyl groups excluding tert-OH is 3. The van der Waals surface area contributed by atoms with Crippen molar-refractivity contribution < 1.29 is 48.6 Å². The van der Waals surface area contributed by atoms with Gasteiger partial charge in [-0.1, -0.05) is 39.0 Å². The van der Waals surface area contributed by atoms with Crippen LogP contribution in [0.15, 0.2) is 69.7 Å². The molecule has 15 heteroatoms. The molecular formula is C33H39N3O10S2. The van der Waals surface area contributed by atoms with Crippen LogP contribution in [0.25, 0.3) is 5.76 Å². The fourth-order valence-corrected chi connectivity index (χ4v) is 11.1. The van der Waals surface area contributed by atoms with Gasteiger partial charge in [-0.2, -0.15) is 0 Å². The summed E-state index contributed by atoms with van der Waals surface area (Å²) in [5, 5.41) is 69.2. The number of nitrogens with one attached hydrogen (secondary N) is 1. The number of thiophene rings is 1. The minimum atomic E-state index is -3.85. The van der Waals surface area contributed by atoms with Crippen LogP contribution in [-0.2, 0) is 19.6 Å². The number of aliphatic hydroxyl groups is 6. The SMILES string of the molecule is CC1=C[C@H]2[C@@]3(O)[C@H](C)[C@@H](O)[C@]4(O)[C@H]([C@@H]3C=C(CO)C[C@]2(O)C1=O)C4(C)C.CN1C(C(=O)Nc2ccccn2)=C(O)c2sccc2S1(=O)=O. The van der Waals surface area contributed by atoms with E-state index in [1.54, 1.807) is 49.6 Å². The summed E-state index contributed by atoms with van der Waals surface area (Å²) in [5.41, 5.74) is -4.90. The molecule has 4 aliphatic carbocycles. The van der Waals surface area contributed by atoms with Gasteiger partial charge in [-0.15, -0.1) is 11.3 Å². The molecule has 2 saturated carbocycles. The minimum Gasteiger partial charge on any atom is -0.504 e. The fraction of sp³-hybridized carbons (Fsp3) is 0.485. The molecular weight excluding hydrogens is 663 g/mol. The molecule has 0 radical (unpaired) electrons. The van der Waals surface area contributed by atoms with E-state index >= 15 is 0 Å². The summed E-state index contributed by atoms with van der Waals surface area (Å²) in [6.45, 7) is 6.63. The van der Waals surface area contributed by atoms with E-state index in [1.165, 1.54) is 19.3 Å². The number of carbonyl (C=O) groups is 2. The Morgan fingerprint density at radius 2 is 1.85 bits per heavy atom. The topological polar surface area (TPSA) is 218 Å². The summed E-state index contributed by atoms with van der Waals surface area (Å²) in [5.74, 6) is -3.99. The third-order valence-electron chi connectivity index (χ3n) is 11.2. The highest BCUT2D eigenvalue weighted by atomic mass is 32.2. The maximum absolute atomic E-state index is 12.7. The molecule has 2 fully saturated rings. The van der Waals surface area contributed by atoms with Gasteiger partial charge < -0.3 is 36.0 Å². The number of sulfonamides is 1. The second kappa shape index (κ2) is 11.0. The first-order chi connectivity index (χ1) is 22.3. The van der Waals surface area contributed by atoms with E-state index in [1.807, 2.05) is 13.8 Å². The molecule has 0 unspecified atom stereocenters. The van der Waals surface area contributed by atoms with E-state index in [2.05, 4.69) is 10.3 Å². The highest BCUT2D eigenvalue weighted by Crippen LogP contribution is 2.74. The number of rotatable bonds is 3. The van der Waals surface area contributed by atoms with E-state index in [0.29, 0.717) is 11.1 Å². The van der Waals surface area contributed by atoms with Gasteiger partial charge in [0.2, 0.25) is 0 Å². The Balaban J connectivity index is 0.000000170. The van der Waals surface area contributed by atoms with Gasteiger partial charge in [0.05, 0.1) is 23.2 Å². The molecule has 0 spiro atoms. The van der Waals surface area contributed by atoms with Gasteiger partial charge in [0.1, 0.15) is 21.9 Å². The van der Waals surface area contributed by atoms with E-state index in [4.69, 9.17) is 0 Å². The zero-order valence-electron chi connectivity index (χ0n) is 26.9. The van der Waals surface area contributed by atoms with Gasteiger partial charge in [-0.05, 0) is 41.6 Å². The van der Waals surface area contributed by atoms with Crippen LogP contribution in [0.5, 0.6) is 0 Å². The number of hydrogen-bond donors (Lipinski definition) is 7. The predicted octanol–water partition coefficient (Wildman–Crippen LogP) is 1.57. The van der Waals surface area contributed by atoms with Gasteiger partial charge in [-0.3, -0.25) is 13.9 Å². The standard InChI is InChI=1S/C20H28O6.C13H11N3O4S2/c1-9-5-13-18(24,15(9)22)7-11(8-21)6-12-14-17(3,4)20(14,26)16(23)10(2)19(12,13)25;1-16-10(13(18)15-9-4-2-3-6-14-9)11(17)12-8(5-7-21-12)22(16,19)20/h5-6,10,12-14,16,21,23-26H,7-8H2,1-4H3;2-7,17H,1H3,(H,14,15,18)/t10-,12+,13-,14-,16-,18-,19-,20-;/m1./s1. The summed E-state index contributed by atoms with van der Waals surface area (Å²) < 4.78 is 25.5. The van der Waals surface area contributed by atoms with Crippen molar-refractivity contribution in [2.45, 2.75) is 61.9 Å². The lowest BCUT2D eigenvalue weighted by molar-refractivity contribution is -0.209. The molecule has 1 amide bonds. The fourth-order valence-electron chi connectivity index (χ4n) is 8.51. The number of carbonyl (C=O) groups excluding carboxylic acids is 2. The maximum Gasteiger partial charge on any atom is 0.278 e. The molecule has 1 aliphatic heterocycles. The molecule has 0 aromatic carbocycles. The van der Waals surface area contributed by atoms with Crippen LogP contribution in [0.1, 0.15) is 39.0 Å². The van der Waals surface area contributed by atoms with Crippen molar-refractivity contribution in [3.8, 4) is 0 Å². The second-order valence-electron chi connectivity index (χ2n) is 13.9.